The number of aromatic nitrogens is 4. The molecule has 11 nitrogen and oxygen atoms in total. The monoisotopic (exact) mass is 503 g/mol. The molecule has 0 spiro atoms. The molecule has 3 aromatic heterocycles. The third-order valence-electron chi connectivity index (χ3n) is 5.12. The zero-order valence-corrected chi connectivity index (χ0v) is 20.1. The van der Waals surface area contributed by atoms with Crippen molar-refractivity contribution in [1.82, 2.24) is 19.9 Å². The SMILES string of the molecule is Cc1ccnc(Nc2cc(Nc3ccc(NS(=O)(=O)c4ccc5oc(=O)[nH]c5c4)cc3)nc(C)n2)c1. The van der Waals surface area contributed by atoms with Gasteiger partial charge in [-0.25, -0.2) is 28.2 Å². The van der Waals surface area contributed by atoms with Crippen molar-refractivity contribution in [2.75, 3.05) is 15.4 Å². The van der Waals surface area contributed by atoms with Crippen LogP contribution in [-0.4, -0.2) is 28.4 Å². The minimum Gasteiger partial charge on any atom is -0.408 e. The van der Waals surface area contributed by atoms with E-state index in [0.29, 0.717) is 40.2 Å². The van der Waals surface area contributed by atoms with Crippen LogP contribution in [0.1, 0.15) is 11.4 Å². The molecule has 0 aliphatic rings. The molecule has 0 unspecified atom stereocenters. The van der Waals surface area contributed by atoms with Gasteiger partial charge in [0.25, 0.3) is 10.0 Å². The highest BCUT2D eigenvalue weighted by atomic mass is 32.2. The molecular weight excluding hydrogens is 482 g/mol. The Bertz CT molecular complexity index is 1730. The molecular formula is C24H21N7O4S. The van der Waals surface area contributed by atoms with Crippen LogP contribution < -0.4 is 21.1 Å². The zero-order valence-electron chi connectivity index (χ0n) is 19.2. The maximum atomic E-state index is 12.8. The predicted molar refractivity (Wildman–Crippen MR) is 136 cm³/mol. The number of aromatic amines is 1. The van der Waals surface area contributed by atoms with Crippen LogP contribution in [0.4, 0.5) is 28.8 Å². The molecule has 0 radical (unpaired) electrons. The molecule has 3 heterocycles. The average Bonchev–Trinajstić information content (AvgIpc) is 3.19. The largest absolute Gasteiger partial charge is 0.417 e. The van der Waals surface area contributed by atoms with Crippen LogP contribution in [0.25, 0.3) is 11.1 Å². The van der Waals surface area contributed by atoms with E-state index in [1.54, 1.807) is 43.5 Å². The van der Waals surface area contributed by atoms with Crippen molar-refractivity contribution in [3.8, 4) is 0 Å². The highest BCUT2D eigenvalue weighted by molar-refractivity contribution is 7.92. The van der Waals surface area contributed by atoms with Gasteiger partial charge in [0.1, 0.15) is 23.3 Å². The van der Waals surface area contributed by atoms with Crippen molar-refractivity contribution in [1.29, 1.82) is 0 Å². The van der Waals surface area contributed by atoms with Crippen molar-refractivity contribution < 1.29 is 12.8 Å². The van der Waals surface area contributed by atoms with Crippen molar-refractivity contribution >= 4 is 50.0 Å². The number of benzene rings is 2. The summed E-state index contributed by atoms with van der Waals surface area (Å²) >= 11 is 0. The second-order valence-corrected chi connectivity index (χ2v) is 9.69. The van der Waals surface area contributed by atoms with Crippen LogP contribution in [0.3, 0.4) is 0 Å². The fraction of sp³-hybridized carbons (Fsp3) is 0.0833. The summed E-state index contributed by atoms with van der Waals surface area (Å²) in [5.41, 5.74) is 2.72. The van der Waals surface area contributed by atoms with E-state index < -0.39 is 15.8 Å². The first-order valence-corrected chi connectivity index (χ1v) is 12.3. The molecule has 36 heavy (non-hydrogen) atoms. The Morgan fingerprint density at radius 3 is 2.31 bits per heavy atom. The topological polar surface area (TPSA) is 155 Å². The molecule has 2 aromatic carbocycles. The minimum atomic E-state index is -3.88. The van der Waals surface area contributed by atoms with Gasteiger partial charge in [0.2, 0.25) is 0 Å². The number of anilines is 5. The number of oxazole rings is 1. The summed E-state index contributed by atoms with van der Waals surface area (Å²) in [6.45, 7) is 3.77. The molecule has 5 aromatic rings. The molecule has 0 saturated heterocycles. The summed E-state index contributed by atoms with van der Waals surface area (Å²) in [6, 6.07) is 16.4. The fourth-order valence-electron chi connectivity index (χ4n) is 3.51. The molecule has 4 N–H and O–H groups in total. The van der Waals surface area contributed by atoms with E-state index in [2.05, 4.69) is 35.3 Å². The second kappa shape index (κ2) is 9.15. The number of rotatable bonds is 7. The summed E-state index contributed by atoms with van der Waals surface area (Å²) in [5.74, 6) is 1.74. The Morgan fingerprint density at radius 2 is 1.56 bits per heavy atom. The zero-order chi connectivity index (χ0) is 25.3. The second-order valence-electron chi connectivity index (χ2n) is 8.01. The minimum absolute atomic E-state index is 0.00570. The first-order valence-electron chi connectivity index (χ1n) is 10.8. The van der Waals surface area contributed by atoms with Crippen LogP contribution >= 0.6 is 0 Å². The first kappa shape index (κ1) is 23.1. The van der Waals surface area contributed by atoms with E-state index in [9.17, 15) is 13.2 Å². The van der Waals surface area contributed by atoms with E-state index >= 15 is 0 Å². The van der Waals surface area contributed by atoms with Gasteiger partial charge in [0.05, 0.1) is 10.4 Å². The third kappa shape index (κ3) is 5.18. The van der Waals surface area contributed by atoms with Crippen LogP contribution in [0.2, 0.25) is 0 Å². The van der Waals surface area contributed by atoms with Gasteiger partial charge >= 0.3 is 5.76 Å². The number of fused-ring (bicyclic) bond motifs is 1. The van der Waals surface area contributed by atoms with Crippen molar-refractivity contribution in [3.05, 3.63) is 88.8 Å². The van der Waals surface area contributed by atoms with Gasteiger partial charge in [-0.05, 0) is 74.0 Å². The molecule has 0 amide bonds. The van der Waals surface area contributed by atoms with E-state index in [-0.39, 0.29) is 10.5 Å². The molecule has 0 aliphatic heterocycles. The Balaban J connectivity index is 1.30. The van der Waals surface area contributed by atoms with Gasteiger partial charge in [-0.2, -0.15) is 0 Å². The van der Waals surface area contributed by atoms with E-state index in [4.69, 9.17) is 4.42 Å². The van der Waals surface area contributed by atoms with Crippen LogP contribution in [0.5, 0.6) is 0 Å². The summed E-state index contributed by atoms with van der Waals surface area (Å²) in [4.78, 5) is 26.9. The third-order valence-corrected chi connectivity index (χ3v) is 6.50. The van der Waals surface area contributed by atoms with Crippen LogP contribution in [0, 0.1) is 13.8 Å². The summed E-state index contributed by atoms with van der Waals surface area (Å²) in [7, 11) is -3.88. The molecule has 0 aliphatic carbocycles. The lowest BCUT2D eigenvalue weighted by molar-refractivity contribution is 0.555. The Kier molecular flexibility index (Phi) is 5.86. The van der Waals surface area contributed by atoms with Gasteiger partial charge in [-0.15, -0.1) is 0 Å². The van der Waals surface area contributed by atoms with Gasteiger partial charge in [0.15, 0.2) is 5.58 Å². The maximum absolute atomic E-state index is 12.8. The predicted octanol–water partition coefficient (Wildman–Crippen LogP) is 4.21. The molecule has 0 bridgehead atoms. The number of hydrogen-bond acceptors (Lipinski definition) is 9. The quantitative estimate of drug-likeness (QED) is 0.255. The Morgan fingerprint density at radius 1 is 0.833 bits per heavy atom. The van der Waals surface area contributed by atoms with Gasteiger partial charge in [-0.1, -0.05) is 0 Å². The fourth-order valence-corrected chi connectivity index (χ4v) is 4.60. The van der Waals surface area contributed by atoms with Gasteiger partial charge in [0, 0.05) is 23.6 Å². The highest BCUT2D eigenvalue weighted by Crippen LogP contribution is 2.24. The summed E-state index contributed by atoms with van der Waals surface area (Å²) < 4.78 is 33.0. The lowest BCUT2D eigenvalue weighted by Gasteiger charge is -2.11. The lowest BCUT2D eigenvalue weighted by atomic mass is 10.3. The number of nitrogens with one attached hydrogen (secondary N) is 4. The number of nitrogens with zero attached hydrogens (tertiary/aromatic N) is 3. The molecule has 0 fully saturated rings. The molecule has 12 heteroatoms. The molecule has 0 atom stereocenters. The number of sulfonamides is 1. The Hall–Kier alpha value is -4.71. The smallest absolute Gasteiger partial charge is 0.408 e. The molecule has 182 valence electrons. The normalized spacial score (nSPS) is 11.4. The molecule has 0 saturated carbocycles. The van der Waals surface area contributed by atoms with E-state index in [1.165, 1.54) is 18.2 Å². The van der Waals surface area contributed by atoms with Crippen molar-refractivity contribution in [2.24, 2.45) is 0 Å². The van der Waals surface area contributed by atoms with E-state index in [1.807, 2.05) is 19.1 Å². The van der Waals surface area contributed by atoms with Gasteiger partial charge in [-0.3, -0.25) is 9.71 Å². The summed E-state index contributed by atoms with van der Waals surface area (Å²) in [6.07, 6.45) is 1.72. The number of H-pyrrole nitrogens is 1. The van der Waals surface area contributed by atoms with Crippen LogP contribution in [0.15, 0.2) is 81.0 Å². The maximum Gasteiger partial charge on any atom is 0.417 e. The molecule has 5 rings (SSSR count). The first-order chi connectivity index (χ1) is 17.2. The van der Waals surface area contributed by atoms with Crippen molar-refractivity contribution in [3.63, 3.8) is 0 Å². The standard InChI is InChI=1S/C24H21N7O4S/c1-14-9-10-25-21(11-14)30-23-13-22(26-15(2)27-23)28-16-3-5-17(6-4-16)31-36(33,34)18-7-8-20-19(12-18)29-24(32)35-20/h3-13,31H,1-2H3,(H,29,32)(H2,25,26,27,28,30). The number of hydrogen-bond donors (Lipinski definition) is 4. The number of aryl methyl sites for hydroxylation is 2. The lowest BCUT2D eigenvalue weighted by Crippen LogP contribution is -2.12. The van der Waals surface area contributed by atoms with Crippen molar-refractivity contribution in [2.45, 2.75) is 18.7 Å². The highest BCUT2D eigenvalue weighted by Gasteiger charge is 2.16. The van der Waals surface area contributed by atoms with Gasteiger partial charge < -0.3 is 15.1 Å². The Labute approximate surface area is 205 Å². The summed E-state index contributed by atoms with van der Waals surface area (Å²) in [5, 5.41) is 6.36. The van der Waals surface area contributed by atoms with E-state index in [0.717, 1.165) is 5.56 Å². The number of pyridine rings is 1. The van der Waals surface area contributed by atoms with Crippen LogP contribution in [-0.2, 0) is 10.0 Å². The average molecular weight is 504 g/mol.